The quantitative estimate of drug-likeness (QED) is 0.765. The maximum absolute atomic E-state index is 13.5. The molecule has 4 aliphatic rings. The highest BCUT2D eigenvalue weighted by molar-refractivity contribution is 6.05. The third kappa shape index (κ3) is 2.64. The number of carbonyl (C=O) groups is 2. The van der Waals surface area contributed by atoms with E-state index in [1.807, 2.05) is 18.2 Å². The average molecular weight is 420 g/mol. The van der Waals surface area contributed by atoms with Crippen molar-refractivity contribution in [1.82, 2.24) is 0 Å². The summed E-state index contributed by atoms with van der Waals surface area (Å²) >= 11 is 0. The maximum atomic E-state index is 13.5. The molecule has 4 atom stereocenters. The number of amides is 2. The van der Waals surface area contributed by atoms with E-state index in [0.717, 1.165) is 0 Å². The normalized spacial score (nSPS) is 29.4. The second kappa shape index (κ2) is 6.49. The van der Waals surface area contributed by atoms with Crippen molar-refractivity contribution < 1.29 is 28.5 Å². The van der Waals surface area contributed by atoms with Crippen molar-refractivity contribution >= 4 is 23.2 Å². The molecule has 1 spiro atoms. The van der Waals surface area contributed by atoms with Gasteiger partial charge in [-0.05, 0) is 36.4 Å². The van der Waals surface area contributed by atoms with E-state index in [1.165, 1.54) is 0 Å². The second-order valence-corrected chi connectivity index (χ2v) is 8.08. The van der Waals surface area contributed by atoms with Gasteiger partial charge in [0.15, 0.2) is 11.5 Å². The summed E-state index contributed by atoms with van der Waals surface area (Å²) in [6.07, 6.45) is 3.42. The summed E-state index contributed by atoms with van der Waals surface area (Å²) < 4.78 is 22.2. The third-order valence-corrected chi connectivity index (χ3v) is 6.43. The molecule has 0 aromatic heterocycles. The molecule has 0 aliphatic carbocycles. The van der Waals surface area contributed by atoms with Crippen LogP contribution in [0, 0.1) is 11.8 Å². The standard InChI is InChI=1S/C23H20N2O6/c1-28-15-5-2-13(3-6-15)24-21(26)19-17-8-9-23(31-17)11-25(22(27)20(19)23)14-4-7-16-18(10-14)30-12-29-16/h2-10,17,19-20H,11-12H2,1H3,(H,24,26)/t17-,19+,20+,23+/m1/s1. The monoisotopic (exact) mass is 420 g/mol. The first-order valence-corrected chi connectivity index (χ1v) is 10.1. The molecule has 2 saturated heterocycles. The van der Waals surface area contributed by atoms with Gasteiger partial charge in [0.2, 0.25) is 18.6 Å². The van der Waals surface area contributed by atoms with E-state index in [-0.39, 0.29) is 18.6 Å². The Hall–Kier alpha value is -3.52. The summed E-state index contributed by atoms with van der Waals surface area (Å²) in [6, 6.07) is 12.5. The Labute approximate surface area is 178 Å². The molecule has 8 heteroatoms. The van der Waals surface area contributed by atoms with Crippen molar-refractivity contribution in [2.75, 3.05) is 30.7 Å². The highest BCUT2D eigenvalue weighted by atomic mass is 16.7. The molecule has 2 aromatic rings. The predicted molar refractivity (Wildman–Crippen MR) is 110 cm³/mol. The minimum Gasteiger partial charge on any atom is -0.497 e. The van der Waals surface area contributed by atoms with Gasteiger partial charge in [-0.3, -0.25) is 9.59 Å². The number of nitrogens with one attached hydrogen (secondary N) is 1. The number of methoxy groups -OCH3 is 1. The van der Waals surface area contributed by atoms with Gasteiger partial charge < -0.3 is 29.2 Å². The first-order chi connectivity index (χ1) is 15.1. The summed E-state index contributed by atoms with van der Waals surface area (Å²) in [6.45, 7) is 0.524. The van der Waals surface area contributed by atoms with Gasteiger partial charge in [-0.15, -0.1) is 0 Å². The molecule has 0 saturated carbocycles. The van der Waals surface area contributed by atoms with Crippen molar-refractivity contribution in [2.24, 2.45) is 11.8 Å². The number of nitrogens with zero attached hydrogens (tertiary/aromatic N) is 1. The zero-order valence-electron chi connectivity index (χ0n) is 16.7. The predicted octanol–water partition coefficient (Wildman–Crippen LogP) is 2.35. The second-order valence-electron chi connectivity index (χ2n) is 8.08. The van der Waals surface area contributed by atoms with Gasteiger partial charge in [-0.1, -0.05) is 12.2 Å². The van der Waals surface area contributed by atoms with E-state index < -0.39 is 23.5 Å². The number of ether oxygens (including phenoxy) is 4. The molecule has 158 valence electrons. The minimum atomic E-state index is -0.792. The SMILES string of the molecule is COc1ccc(NC(=O)[C@@H]2[C@H]3C(=O)N(c4ccc5c(c4)OCO5)C[C@@]34C=C[C@H]2O4)cc1. The number of rotatable bonds is 4. The van der Waals surface area contributed by atoms with Crippen molar-refractivity contribution in [3.8, 4) is 17.2 Å². The number of benzene rings is 2. The first kappa shape index (κ1) is 18.3. The molecule has 2 amide bonds. The summed E-state index contributed by atoms with van der Waals surface area (Å²) in [4.78, 5) is 28.3. The maximum Gasteiger partial charge on any atom is 0.234 e. The number of hydrogen-bond acceptors (Lipinski definition) is 6. The van der Waals surface area contributed by atoms with Gasteiger partial charge in [0.05, 0.1) is 31.6 Å². The molecular weight excluding hydrogens is 400 g/mol. The van der Waals surface area contributed by atoms with Crippen LogP contribution in [-0.4, -0.2) is 44.0 Å². The zero-order chi connectivity index (χ0) is 21.2. The molecule has 31 heavy (non-hydrogen) atoms. The number of carbonyl (C=O) groups excluding carboxylic acids is 2. The van der Waals surface area contributed by atoms with Gasteiger partial charge in [-0.25, -0.2) is 0 Å². The van der Waals surface area contributed by atoms with Crippen LogP contribution in [0.15, 0.2) is 54.6 Å². The van der Waals surface area contributed by atoms with E-state index in [2.05, 4.69) is 5.32 Å². The molecular formula is C23H20N2O6. The fourth-order valence-corrected chi connectivity index (χ4v) is 4.97. The summed E-state index contributed by atoms with van der Waals surface area (Å²) in [5.41, 5.74) is 0.553. The molecule has 8 nitrogen and oxygen atoms in total. The van der Waals surface area contributed by atoms with Crippen LogP contribution in [0.2, 0.25) is 0 Å². The lowest BCUT2D eigenvalue weighted by molar-refractivity contribution is -0.128. The zero-order valence-corrected chi connectivity index (χ0v) is 16.7. The fraction of sp³-hybridized carbons (Fsp3) is 0.304. The molecule has 6 rings (SSSR count). The Balaban J connectivity index is 1.27. The lowest BCUT2D eigenvalue weighted by Crippen LogP contribution is -2.41. The lowest BCUT2D eigenvalue weighted by Gasteiger charge is -2.23. The Morgan fingerprint density at radius 3 is 2.77 bits per heavy atom. The number of fused-ring (bicyclic) bond motifs is 2. The van der Waals surface area contributed by atoms with E-state index in [0.29, 0.717) is 35.2 Å². The molecule has 4 aliphatic heterocycles. The molecule has 1 N–H and O–H groups in total. The Morgan fingerprint density at radius 1 is 1.16 bits per heavy atom. The van der Waals surface area contributed by atoms with E-state index in [9.17, 15) is 9.59 Å². The van der Waals surface area contributed by atoms with Crippen LogP contribution < -0.4 is 24.4 Å². The summed E-state index contributed by atoms with van der Waals surface area (Å²) in [7, 11) is 1.59. The number of hydrogen-bond donors (Lipinski definition) is 1. The Morgan fingerprint density at radius 2 is 1.97 bits per heavy atom. The highest BCUT2D eigenvalue weighted by Crippen LogP contribution is 2.53. The molecule has 0 unspecified atom stereocenters. The van der Waals surface area contributed by atoms with Gasteiger partial charge >= 0.3 is 0 Å². The first-order valence-electron chi connectivity index (χ1n) is 10.1. The van der Waals surface area contributed by atoms with Gasteiger partial charge in [0, 0.05) is 17.4 Å². The minimum absolute atomic E-state index is 0.124. The topological polar surface area (TPSA) is 86.3 Å². The Kier molecular flexibility index (Phi) is 3.82. The van der Waals surface area contributed by atoms with E-state index in [1.54, 1.807) is 48.4 Å². The van der Waals surface area contributed by atoms with Crippen molar-refractivity contribution in [3.63, 3.8) is 0 Å². The molecule has 0 radical (unpaired) electrons. The van der Waals surface area contributed by atoms with Crippen molar-refractivity contribution in [2.45, 2.75) is 11.7 Å². The van der Waals surface area contributed by atoms with E-state index >= 15 is 0 Å². The van der Waals surface area contributed by atoms with Gasteiger partial charge in [0.1, 0.15) is 11.4 Å². The van der Waals surface area contributed by atoms with Crippen molar-refractivity contribution in [1.29, 1.82) is 0 Å². The Bertz CT molecular complexity index is 1110. The third-order valence-electron chi connectivity index (χ3n) is 6.43. The lowest BCUT2D eigenvalue weighted by atomic mass is 9.77. The van der Waals surface area contributed by atoms with Crippen LogP contribution in [0.3, 0.4) is 0 Å². The largest absolute Gasteiger partial charge is 0.497 e. The van der Waals surface area contributed by atoms with Crippen LogP contribution in [0.1, 0.15) is 0 Å². The van der Waals surface area contributed by atoms with Gasteiger partial charge in [-0.2, -0.15) is 0 Å². The van der Waals surface area contributed by atoms with Crippen LogP contribution >= 0.6 is 0 Å². The summed E-state index contributed by atoms with van der Waals surface area (Å²) in [5.74, 6) is 0.433. The molecule has 4 heterocycles. The molecule has 2 aromatic carbocycles. The smallest absolute Gasteiger partial charge is 0.234 e. The fourth-order valence-electron chi connectivity index (χ4n) is 4.97. The highest BCUT2D eigenvalue weighted by Gasteiger charge is 2.67. The van der Waals surface area contributed by atoms with Crippen LogP contribution in [0.4, 0.5) is 11.4 Å². The van der Waals surface area contributed by atoms with Crippen molar-refractivity contribution in [3.05, 3.63) is 54.6 Å². The molecule has 2 bridgehead atoms. The molecule has 2 fully saturated rings. The summed E-state index contributed by atoms with van der Waals surface area (Å²) in [5, 5.41) is 2.92. The van der Waals surface area contributed by atoms with Crippen LogP contribution in [-0.2, 0) is 14.3 Å². The van der Waals surface area contributed by atoms with Crippen LogP contribution in [0.25, 0.3) is 0 Å². The average Bonchev–Trinajstić information content (AvgIpc) is 3.54. The van der Waals surface area contributed by atoms with Gasteiger partial charge in [0.25, 0.3) is 0 Å². The van der Waals surface area contributed by atoms with Crippen LogP contribution in [0.5, 0.6) is 17.2 Å². The number of anilines is 2. The van der Waals surface area contributed by atoms with E-state index in [4.69, 9.17) is 18.9 Å².